The van der Waals surface area contributed by atoms with Crippen molar-refractivity contribution in [3.8, 4) is 0 Å². The molecule has 0 spiro atoms. The third kappa shape index (κ3) is 5.17. The van der Waals surface area contributed by atoms with Crippen LogP contribution >= 0.6 is 24.0 Å². The van der Waals surface area contributed by atoms with Crippen LogP contribution in [0.4, 0.5) is 0 Å². The summed E-state index contributed by atoms with van der Waals surface area (Å²) in [5, 5.41) is 11.7. The second kappa shape index (κ2) is 10.2. The van der Waals surface area contributed by atoms with Gasteiger partial charge in [0.2, 0.25) is 0 Å². The Kier molecular flexibility index (Phi) is 8.29. The molecule has 3 heterocycles. The van der Waals surface area contributed by atoms with E-state index in [2.05, 4.69) is 37.5 Å². The molecule has 2 aliphatic rings. The summed E-state index contributed by atoms with van der Waals surface area (Å²) < 4.78 is 7.15. The standard InChI is InChI=1S/C17H29N7O.HI/c1-14-20-21-16(22(14)2)12-19-17(18-7-11-25-3)24-10-6-15(13-24)23-8-4-5-9-23;/h4-5,15H,6-13H2,1-3H3,(H,18,19);1H. The maximum absolute atomic E-state index is 5.16. The van der Waals surface area contributed by atoms with Crippen LogP contribution in [0.2, 0.25) is 0 Å². The Morgan fingerprint density at radius 1 is 1.35 bits per heavy atom. The first kappa shape index (κ1) is 21.1. The number of aryl methyl sites for hydroxylation is 1. The van der Waals surface area contributed by atoms with Crippen molar-refractivity contribution >= 4 is 29.9 Å². The number of likely N-dealkylation sites (tertiary alicyclic amines) is 1. The molecule has 1 unspecified atom stereocenters. The van der Waals surface area contributed by atoms with Crippen LogP contribution in [0.5, 0.6) is 0 Å². The molecular formula is C17H30IN7O. The van der Waals surface area contributed by atoms with Gasteiger partial charge in [0.25, 0.3) is 0 Å². The molecule has 1 aromatic rings. The van der Waals surface area contributed by atoms with E-state index in [-0.39, 0.29) is 24.0 Å². The minimum Gasteiger partial charge on any atom is -0.383 e. The zero-order valence-corrected chi connectivity index (χ0v) is 18.2. The molecule has 2 aliphatic heterocycles. The van der Waals surface area contributed by atoms with E-state index in [9.17, 15) is 0 Å². The molecule has 3 rings (SSSR count). The largest absolute Gasteiger partial charge is 0.383 e. The SMILES string of the molecule is COCCNC(=NCc1nnc(C)n1C)N1CCC(N2CC=CC2)C1.I. The number of ether oxygens (including phenoxy) is 1. The lowest BCUT2D eigenvalue weighted by atomic mass is 10.2. The first-order chi connectivity index (χ1) is 12.2. The summed E-state index contributed by atoms with van der Waals surface area (Å²) in [4.78, 5) is 9.68. The summed E-state index contributed by atoms with van der Waals surface area (Å²) in [6, 6.07) is 0.599. The van der Waals surface area contributed by atoms with E-state index in [4.69, 9.17) is 9.73 Å². The van der Waals surface area contributed by atoms with Crippen LogP contribution in [-0.2, 0) is 18.3 Å². The number of methoxy groups -OCH3 is 1. The highest BCUT2D eigenvalue weighted by atomic mass is 127. The molecule has 26 heavy (non-hydrogen) atoms. The van der Waals surface area contributed by atoms with Crippen molar-refractivity contribution in [2.75, 3.05) is 46.4 Å². The first-order valence-corrected chi connectivity index (χ1v) is 8.95. The molecule has 0 aliphatic carbocycles. The Hall–Kier alpha value is -1.20. The maximum Gasteiger partial charge on any atom is 0.194 e. The summed E-state index contributed by atoms with van der Waals surface area (Å²) >= 11 is 0. The van der Waals surface area contributed by atoms with E-state index in [0.29, 0.717) is 19.2 Å². The Morgan fingerprint density at radius 2 is 2.12 bits per heavy atom. The van der Waals surface area contributed by atoms with Crippen LogP contribution in [0.1, 0.15) is 18.1 Å². The van der Waals surface area contributed by atoms with Gasteiger partial charge in [0, 0.05) is 52.9 Å². The van der Waals surface area contributed by atoms with Gasteiger partial charge in [-0.2, -0.15) is 0 Å². The highest BCUT2D eigenvalue weighted by Crippen LogP contribution is 2.18. The van der Waals surface area contributed by atoms with Crippen LogP contribution in [0.25, 0.3) is 0 Å². The molecule has 9 heteroatoms. The quantitative estimate of drug-likeness (QED) is 0.216. The third-order valence-corrected chi connectivity index (χ3v) is 4.97. The van der Waals surface area contributed by atoms with Crippen molar-refractivity contribution in [2.45, 2.75) is 25.9 Å². The molecule has 0 radical (unpaired) electrons. The van der Waals surface area contributed by atoms with Gasteiger partial charge in [-0.3, -0.25) is 4.90 Å². The van der Waals surface area contributed by atoms with Crippen LogP contribution in [0.3, 0.4) is 0 Å². The molecule has 0 saturated carbocycles. The molecule has 1 aromatic heterocycles. The highest BCUT2D eigenvalue weighted by Gasteiger charge is 2.29. The van der Waals surface area contributed by atoms with Crippen molar-refractivity contribution < 1.29 is 4.74 Å². The van der Waals surface area contributed by atoms with E-state index >= 15 is 0 Å². The second-order valence-electron chi connectivity index (χ2n) is 6.60. The first-order valence-electron chi connectivity index (χ1n) is 8.95. The summed E-state index contributed by atoms with van der Waals surface area (Å²) in [6.45, 7) is 8.07. The molecule has 8 nitrogen and oxygen atoms in total. The van der Waals surface area contributed by atoms with E-state index in [1.807, 2.05) is 18.5 Å². The normalized spacial score (nSPS) is 20.7. The van der Waals surface area contributed by atoms with E-state index in [1.54, 1.807) is 7.11 Å². The fourth-order valence-electron chi connectivity index (χ4n) is 3.29. The lowest BCUT2D eigenvalue weighted by Crippen LogP contribution is -2.43. The van der Waals surface area contributed by atoms with Gasteiger partial charge < -0.3 is 19.5 Å². The minimum atomic E-state index is 0. The summed E-state index contributed by atoms with van der Waals surface area (Å²) in [7, 11) is 3.69. The fraction of sp³-hybridized carbons (Fsp3) is 0.706. The van der Waals surface area contributed by atoms with Crippen molar-refractivity contribution in [2.24, 2.45) is 12.0 Å². The van der Waals surface area contributed by atoms with Gasteiger partial charge in [-0.1, -0.05) is 12.2 Å². The molecule has 0 amide bonds. The molecular weight excluding hydrogens is 445 g/mol. The van der Waals surface area contributed by atoms with Gasteiger partial charge in [-0.05, 0) is 13.3 Å². The number of nitrogens with zero attached hydrogens (tertiary/aromatic N) is 6. The van der Waals surface area contributed by atoms with Crippen LogP contribution in [0.15, 0.2) is 17.1 Å². The van der Waals surface area contributed by atoms with Gasteiger partial charge in [0.05, 0.1) is 6.61 Å². The lowest BCUT2D eigenvalue weighted by Gasteiger charge is -2.25. The summed E-state index contributed by atoms with van der Waals surface area (Å²) in [5.41, 5.74) is 0. The average molecular weight is 475 g/mol. The second-order valence-corrected chi connectivity index (χ2v) is 6.60. The number of nitrogens with one attached hydrogen (secondary N) is 1. The monoisotopic (exact) mass is 475 g/mol. The zero-order valence-electron chi connectivity index (χ0n) is 15.9. The van der Waals surface area contributed by atoms with Gasteiger partial charge in [0.15, 0.2) is 11.8 Å². The number of guanidine groups is 1. The van der Waals surface area contributed by atoms with E-state index in [0.717, 1.165) is 50.3 Å². The molecule has 1 N–H and O–H groups in total. The Morgan fingerprint density at radius 3 is 2.77 bits per heavy atom. The highest BCUT2D eigenvalue weighted by molar-refractivity contribution is 14.0. The Balaban J connectivity index is 0.00000243. The topological polar surface area (TPSA) is 70.8 Å². The smallest absolute Gasteiger partial charge is 0.194 e. The van der Waals surface area contributed by atoms with Gasteiger partial charge >= 0.3 is 0 Å². The van der Waals surface area contributed by atoms with Crippen molar-refractivity contribution in [1.29, 1.82) is 0 Å². The summed E-state index contributed by atoms with van der Waals surface area (Å²) in [5.74, 6) is 2.72. The predicted octanol–water partition coefficient (Wildman–Crippen LogP) is 0.780. The molecule has 146 valence electrons. The van der Waals surface area contributed by atoms with Crippen LogP contribution < -0.4 is 5.32 Å². The zero-order chi connectivity index (χ0) is 17.6. The molecule has 0 bridgehead atoms. The number of rotatable bonds is 6. The third-order valence-electron chi connectivity index (χ3n) is 4.97. The number of halogens is 1. The molecule has 1 saturated heterocycles. The minimum absolute atomic E-state index is 0. The van der Waals surface area contributed by atoms with Crippen molar-refractivity contribution in [3.63, 3.8) is 0 Å². The van der Waals surface area contributed by atoms with Gasteiger partial charge in [0.1, 0.15) is 12.4 Å². The number of aromatic nitrogens is 3. The van der Waals surface area contributed by atoms with Crippen molar-refractivity contribution in [1.82, 2.24) is 29.9 Å². The number of hydrogen-bond acceptors (Lipinski definition) is 5. The maximum atomic E-state index is 5.16. The fourth-order valence-corrected chi connectivity index (χ4v) is 3.29. The lowest BCUT2D eigenvalue weighted by molar-refractivity contribution is 0.202. The Bertz CT molecular complexity index is 623. The van der Waals surface area contributed by atoms with E-state index < -0.39 is 0 Å². The van der Waals surface area contributed by atoms with Crippen LogP contribution in [0, 0.1) is 6.92 Å². The van der Waals surface area contributed by atoms with Gasteiger partial charge in [-0.15, -0.1) is 34.2 Å². The molecule has 0 aromatic carbocycles. The molecule has 1 fully saturated rings. The number of aliphatic imine (C=N–C) groups is 1. The van der Waals surface area contributed by atoms with E-state index in [1.165, 1.54) is 6.42 Å². The average Bonchev–Trinajstić information content (AvgIpc) is 3.34. The van der Waals surface area contributed by atoms with Crippen molar-refractivity contribution in [3.05, 3.63) is 23.8 Å². The Labute approximate surface area is 172 Å². The molecule has 1 atom stereocenters. The van der Waals surface area contributed by atoms with Gasteiger partial charge in [-0.25, -0.2) is 4.99 Å². The number of hydrogen-bond donors (Lipinski definition) is 1. The predicted molar refractivity (Wildman–Crippen MR) is 113 cm³/mol. The van der Waals surface area contributed by atoms with Crippen LogP contribution in [-0.4, -0.2) is 83.0 Å². The summed E-state index contributed by atoms with van der Waals surface area (Å²) in [6.07, 6.45) is 5.69.